The number of hydrogen-bond donors (Lipinski definition) is 2. The van der Waals surface area contributed by atoms with Gasteiger partial charge < -0.3 is 15.4 Å². The number of anilines is 1. The third-order valence-corrected chi connectivity index (χ3v) is 3.63. The van der Waals surface area contributed by atoms with E-state index in [2.05, 4.69) is 28.8 Å². The van der Waals surface area contributed by atoms with Gasteiger partial charge in [0.25, 0.3) is 0 Å². The quantitative estimate of drug-likeness (QED) is 0.820. The highest BCUT2D eigenvalue weighted by atomic mass is 16.5. The fourth-order valence-corrected chi connectivity index (χ4v) is 2.68. The van der Waals surface area contributed by atoms with E-state index in [1.165, 1.54) is 17.7 Å². The average Bonchev–Trinajstić information content (AvgIpc) is 2.40. The van der Waals surface area contributed by atoms with Crippen molar-refractivity contribution in [1.29, 1.82) is 0 Å². The minimum Gasteiger partial charge on any atom is -0.490 e. The summed E-state index contributed by atoms with van der Waals surface area (Å²) in [4.78, 5) is 0. The molecule has 0 radical (unpaired) electrons. The van der Waals surface area contributed by atoms with Gasteiger partial charge in [-0.3, -0.25) is 0 Å². The Morgan fingerprint density at radius 3 is 2.88 bits per heavy atom. The Hall–Kier alpha value is -1.22. The highest BCUT2D eigenvalue weighted by Gasteiger charge is 2.18. The molecule has 0 spiro atoms. The molecule has 2 heterocycles. The molecule has 2 aliphatic heterocycles. The van der Waals surface area contributed by atoms with Gasteiger partial charge >= 0.3 is 0 Å². The maximum atomic E-state index is 6.17. The highest BCUT2D eigenvalue weighted by Crippen LogP contribution is 2.31. The van der Waals surface area contributed by atoms with Crippen molar-refractivity contribution in [1.82, 2.24) is 5.32 Å². The summed E-state index contributed by atoms with van der Waals surface area (Å²) in [5.41, 5.74) is 2.64. The predicted molar refractivity (Wildman–Crippen MR) is 69.8 cm³/mol. The first kappa shape index (κ1) is 10.9. The van der Waals surface area contributed by atoms with Crippen LogP contribution < -0.4 is 15.4 Å². The summed E-state index contributed by atoms with van der Waals surface area (Å²) in [7, 11) is 0. The minimum absolute atomic E-state index is 0.393. The van der Waals surface area contributed by atoms with Crippen molar-refractivity contribution < 1.29 is 4.74 Å². The first-order valence-corrected chi connectivity index (χ1v) is 6.66. The molecule has 17 heavy (non-hydrogen) atoms. The van der Waals surface area contributed by atoms with Crippen molar-refractivity contribution in [2.45, 2.75) is 31.8 Å². The molecule has 3 nitrogen and oxygen atoms in total. The van der Waals surface area contributed by atoms with E-state index in [1.807, 2.05) is 0 Å². The van der Waals surface area contributed by atoms with Gasteiger partial charge in [0.1, 0.15) is 11.9 Å². The second-order valence-electron chi connectivity index (χ2n) is 4.88. The monoisotopic (exact) mass is 232 g/mol. The molecule has 0 atom stereocenters. The largest absolute Gasteiger partial charge is 0.490 e. The molecule has 1 aromatic carbocycles. The van der Waals surface area contributed by atoms with Gasteiger partial charge in [0.15, 0.2) is 0 Å². The van der Waals surface area contributed by atoms with Gasteiger partial charge in [-0.25, -0.2) is 0 Å². The first-order chi connectivity index (χ1) is 8.43. The van der Waals surface area contributed by atoms with E-state index < -0.39 is 0 Å². The molecule has 0 saturated carbocycles. The smallest absolute Gasteiger partial charge is 0.124 e. The van der Waals surface area contributed by atoms with Crippen molar-refractivity contribution in [3.63, 3.8) is 0 Å². The van der Waals surface area contributed by atoms with Crippen molar-refractivity contribution in [2.24, 2.45) is 0 Å². The molecule has 0 aromatic heterocycles. The lowest BCUT2D eigenvalue weighted by molar-refractivity contribution is 0.161. The molecule has 3 rings (SSSR count). The second-order valence-corrected chi connectivity index (χ2v) is 4.88. The number of piperidine rings is 1. The van der Waals surface area contributed by atoms with E-state index in [-0.39, 0.29) is 0 Å². The van der Waals surface area contributed by atoms with Crippen LogP contribution in [0.2, 0.25) is 0 Å². The Labute approximate surface area is 103 Å². The average molecular weight is 232 g/mol. The molecule has 92 valence electrons. The third-order valence-electron chi connectivity index (χ3n) is 3.63. The summed E-state index contributed by atoms with van der Waals surface area (Å²) in [5, 5.41) is 6.82. The first-order valence-electron chi connectivity index (χ1n) is 6.66. The molecular weight excluding hydrogens is 212 g/mol. The molecule has 1 aromatic rings. The van der Waals surface area contributed by atoms with Crippen LogP contribution in [0.5, 0.6) is 5.75 Å². The fourth-order valence-electron chi connectivity index (χ4n) is 2.68. The van der Waals surface area contributed by atoms with Crippen LogP contribution in [-0.2, 0) is 6.42 Å². The summed E-state index contributed by atoms with van der Waals surface area (Å²) in [5.74, 6) is 1.10. The summed E-state index contributed by atoms with van der Waals surface area (Å²) >= 11 is 0. The van der Waals surface area contributed by atoms with Gasteiger partial charge in [-0.1, -0.05) is 6.07 Å². The van der Waals surface area contributed by atoms with Crippen molar-refractivity contribution in [3.05, 3.63) is 23.8 Å². The summed E-state index contributed by atoms with van der Waals surface area (Å²) < 4.78 is 6.17. The van der Waals surface area contributed by atoms with E-state index in [0.717, 1.165) is 44.6 Å². The molecule has 1 saturated heterocycles. The van der Waals surface area contributed by atoms with Gasteiger partial charge in [-0.05, 0) is 50.9 Å². The van der Waals surface area contributed by atoms with Crippen LogP contribution >= 0.6 is 0 Å². The highest BCUT2D eigenvalue weighted by molar-refractivity contribution is 5.59. The zero-order valence-electron chi connectivity index (χ0n) is 10.2. The molecular formula is C14H20N2O. The third kappa shape index (κ3) is 2.39. The van der Waals surface area contributed by atoms with Crippen LogP contribution in [0.15, 0.2) is 18.2 Å². The standard InChI is InChI=1S/C14H20N2O/c1-4-13-12(3-2-8-16-13)14(5-1)17-11-6-9-15-10-7-11/h1,4-5,11,15-16H,2-3,6-10H2. The Balaban J connectivity index is 1.77. The SMILES string of the molecule is c1cc2c(c(OC3CCNCC3)c1)CCCN2. The predicted octanol–water partition coefficient (Wildman–Crippen LogP) is 2.18. The summed E-state index contributed by atoms with van der Waals surface area (Å²) in [6, 6.07) is 6.37. The molecule has 3 heteroatoms. The maximum Gasteiger partial charge on any atom is 0.124 e. The van der Waals surface area contributed by atoms with Crippen molar-refractivity contribution >= 4 is 5.69 Å². The summed E-state index contributed by atoms with van der Waals surface area (Å²) in [6.45, 7) is 3.25. The zero-order valence-corrected chi connectivity index (χ0v) is 10.2. The van der Waals surface area contributed by atoms with Gasteiger partial charge in [0.2, 0.25) is 0 Å². The number of ether oxygens (including phenoxy) is 1. The maximum absolute atomic E-state index is 6.17. The van der Waals surface area contributed by atoms with Gasteiger partial charge in [-0.2, -0.15) is 0 Å². The van der Waals surface area contributed by atoms with E-state index >= 15 is 0 Å². The Bertz CT molecular complexity index is 386. The van der Waals surface area contributed by atoms with Gasteiger partial charge in [0, 0.05) is 17.8 Å². The second kappa shape index (κ2) is 4.96. The molecule has 0 amide bonds. The lowest BCUT2D eigenvalue weighted by Crippen LogP contribution is -2.34. The number of hydrogen-bond acceptors (Lipinski definition) is 3. The van der Waals surface area contributed by atoms with E-state index in [9.17, 15) is 0 Å². The van der Waals surface area contributed by atoms with Crippen LogP contribution in [0.1, 0.15) is 24.8 Å². The lowest BCUT2D eigenvalue weighted by atomic mass is 10.0. The van der Waals surface area contributed by atoms with E-state index in [0.29, 0.717) is 6.10 Å². The molecule has 0 unspecified atom stereocenters. The van der Waals surface area contributed by atoms with Gasteiger partial charge in [0.05, 0.1) is 0 Å². The van der Waals surface area contributed by atoms with Crippen molar-refractivity contribution in [2.75, 3.05) is 25.0 Å². The van der Waals surface area contributed by atoms with Crippen LogP contribution in [0, 0.1) is 0 Å². The molecule has 0 aliphatic carbocycles. The fraction of sp³-hybridized carbons (Fsp3) is 0.571. The molecule has 1 fully saturated rings. The van der Waals surface area contributed by atoms with Crippen LogP contribution in [0.3, 0.4) is 0 Å². The van der Waals surface area contributed by atoms with Gasteiger partial charge in [-0.15, -0.1) is 0 Å². The number of nitrogens with one attached hydrogen (secondary N) is 2. The Morgan fingerprint density at radius 2 is 2.00 bits per heavy atom. The van der Waals surface area contributed by atoms with Crippen molar-refractivity contribution in [3.8, 4) is 5.75 Å². The molecule has 2 N–H and O–H groups in total. The number of fused-ring (bicyclic) bond motifs is 1. The topological polar surface area (TPSA) is 33.3 Å². The van der Waals surface area contributed by atoms with Crippen LogP contribution in [0.4, 0.5) is 5.69 Å². The Morgan fingerprint density at radius 1 is 1.12 bits per heavy atom. The Kier molecular flexibility index (Phi) is 3.18. The zero-order chi connectivity index (χ0) is 11.5. The van der Waals surface area contributed by atoms with Crippen LogP contribution in [0.25, 0.3) is 0 Å². The van der Waals surface area contributed by atoms with E-state index in [4.69, 9.17) is 4.74 Å². The minimum atomic E-state index is 0.393. The lowest BCUT2D eigenvalue weighted by Gasteiger charge is -2.27. The molecule has 2 aliphatic rings. The molecule has 0 bridgehead atoms. The van der Waals surface area contributed by atoms with Crippen LogP contribution in [-0.4, -0.2) is 25.7 Å². The van der Waals surface area contributed by atoms with E-state index in [1.54, 1.807) is 0 Å². The normalized spacial score (nSPS) is 20.5. The number of benzene rings is 1. The summed E-state index contributed by atoms with van der Waals surface area (Å²) in [6.07, 6.45) is 4.99. The number of rotatable bonds is 2.